The topological polar surface area (TPSA) is 125 Å². The lowest BCUT2D eigenvalue weighted by Crippen LogP contribution is -2.47. The van der Waals surface area contributed by atoms with E-state index in [2.05, 4.69) is 4.98 Å². The lowest BCUT2D eigenvalue weighted by Gasteiger charge is -2.25. The molecule has 4 N–H and O–H groups in total. The molecule has 1 aromatic heterocycles. The largest absolute Gasteiger partial charge is 0.394 e. The fraction of sp³-hybridized carbons (Fsp3) is 0.636. The quantitative estimate of drug-likeness (QED) is 0.486. The monoisotopic (exact) mass is 272 g/mol. The molecule has 1 aliphatic rings. The molecule has 4 atom stereocenters. The van der Waals surface area contributed by atoms with Crippen molar-refractivity contribution < 1.29 is 20.1 Å². The first-order chi connectivity index (χ1) is 8.78. The van der Waals surface area contributed by atoms with Crippen LogP contribution in [0, 0.1) is 6.92 Å². The van der Waals surface area contributed by atoms with Crippen LogP contribution in [-0.4, -0.2) is 49.3 Å². The standard InChI is InChI=1S/C11H16N2O6/c1-5-3-13(10(17)12-8(5)16)9-7(15)11(2,18)6(4-14)19-9/h3,6-7,9,14-15,18H,4H2,1-2H3,(H,12,16,17)/t6-,7-,9-,11?/m1/s1. The minimum Gasteiger partial charge on any atom is -0.394 e. The molecule has 0 radical (unpaired) electrons. The molecule has 1 aromatic rings. The zero-order valence-electron chi connectivity index (χ0n) is 10.5. The van der Waals surface area contributed by atoms with Gasteiger partial charge in [0.2, 0.25) is 0 Å². The number of aliphatic hydroxyl groups is 3. The highest BCUT2D eigenvalue weighted by molar-refractivity contribution is 5.05. The van der Waals surface area contributed by atoms with Crippen molar-refractivity contribution in [2.45, 2.75) is 37.9 Å². The number of hydrogen-bond acceptors (Lipinski definition) is 6. The predicted octanol–water partition coefficient (Wildman–Crippen LogP) is -2.15. The molecule has 2 heterocycles. The number of aliphatic hydroxyl groups excluding tert-OH is 2. The van der Waals surface area contributed by atoms with E-state index in [0.29, 0.717) is 0 Å². The van der Waals surface area contributed by atoms with E-state index in [0.717, 1.165) is 4.57 Å². The second kappa shape index (κ2) is 4.57. The number of rotatable bonds is 2. The molecule has 0 saturated carbocycles. The van der Waals surface area contributed by atoms with Crippen molar-refractivity contribution in [3.05, 3.63) is 32.6 Å². The van der Waals surface area contributed by atoms with E-state index >= 15 is 0 Å². The summed E-state index contributed by atoms with van der Waals surface area (Å²) in [5.74, 6) is 0. The summed E-state index contributed by atoms with van der Waals surface area (Å²) in [6.07, 6.45) is -2.36. The summed E-state index contributed by atoms with van der Waals surface area (Å²) in [4.78, 5) is 25.1. The first-order valence-corrected chi connectivity index (χ1v) is 5.78. The van der Waals surface area contributed by atoms with E-state index in [-0.39, 0.29) is 5.56 Å². The summed E-state index contributed by atoms with van der Waals surface area (Å²) >= 11 is 0. The van der Waals surface area contributed by atoms with Crippen molar-refractivity contribution in [1.82, 2.24) is 9.55 Å². The molecule has 19 heavy (non-hydrogen) atoms. The number of nitrogens with one attached hydrogen (secondary N) is 1. The fourth-order valence-corrected chi connectivity index (χ4v) is 2.08. The maximum atomic E-state index is 11.7. The SMILES string of the molecule is Cc1cn([C@@H]2O[C@H](CO)C(C)(O)[C@@H]2O)c(=O)[nH]c1=O. The summed E-state index contributed by atoms with van der Waals surface area (Å²) in [7, 11) is 0. The van der Waals surface area contributed by atoms with Gasteiger partial charge in [-0.3, -0.25) is 14.3 Å². The van der Waals surface area contributed by atoms with Crippen LogP contribution in [0.25, 0.3) is 0 Å². The lowest BCUT2D eigenvalue weighted by atomic mass is 9.95. The van der Waals surface area contributed by atoms with Gasteiger partial charge in [0, 0.05) is 11.8 Å². The average molecular weight is 272 g/mol. The van der Waals surface area contributed by atoms with Gasteiger partial charge in [-0.25, -0.2) is 4.79 Å². The van der Waals surface area contributed by atoms with Crippen LogP contribution in [0.1, 0.15) is 18.7 Å². The molecular weight excluding hydrogens is 256 g/mol. The van der Waals surface area contributed by atoms with E-state index in [1.54, 1.807) is 0 Å². The molecule has 8 heteroatoms. The van der Waals surface area contributed by atoms with Crippen LogP contribution >= 0.6 is 0 Å². The zero-order valence-corrected chi connectivity index (χ0v) is 10.5. The third-order valence-corrected chi connectivity index (χ3v) is 3.41. The summed E-state index contributed by atoms with van der Waals surface area (Å²) in [5.41, 5.74) is -2.71. The molecule has 8 nitrogen and oxygen atoms in total. The van der Waals surface area contributed by atoms with E-state index in [1.807, 2.05) is 0 Å². The van der Waals surface area contributed by atoms with Gasteiger partial charge in [-0.05, 0) is 13.8 Å². The molecule has 0 amide bonds. The number of ether oxygens (including phenoxy) is 1. The lowest BCUT2D eigenvalue weighted by molar-refractivity contribution is -0.0807. The third kappa shape index (κ3) is 2.12. The molecule has 106 valence electrons. The van der Waals surface area contributed by atoms with Crippen molar-refractivity contribution in [2.24, 2.45) is 0 Å². The Morgan fingerprint density at radius 2 is 2.16 bits per heavy atom. The van der Waals surface area contributed by atoms with E-state index in [4.69, 9.17) is 9.84 Å². The molecule has 1 saturated heterocycles. The molecule has 1 fully saturated rings. The third-order valence-electron chi connectivity index (χ3n) is 3.41. The minimum atomic E-state index is -1.69. The van der Waals surface area contributed by atoms with Crippen LogP contribution in [0.4, 0.5) is 0 Å². The molecule has 0 bridgehead atoms. The van der Waals surface area contributed by atoms with Gasteiger partial charge < -0.3 is 20.1 Å². The average Bonchev–Trinajstić information content (AvgIpc) is 2.56. The second-order valence-corrected chi connectivity index (χ2v) is 4.85. The minimum absolute atomic E-state index is 0.266. The maximum Gasteiger partial charge on any atom is 0.330 e. The Balaban J connectivity index is 2.47. The smallest absolute Gasteiger partial charge is 0.330 e. The summed E-state index contributed by atoms with van der Waals surface area (Å²) in [6, 6.07) is 0. The number of nitrogens with zero attached hydrogens (tertiary/aromatic N) is 1. The van der Waals surface area contributed by atoms with Crippen LogP contribution < -0.4 is 11.2 Å². The highest BCUT2D eigenvalue weighted by Crippen LogP contribution is 2.35. The molecule has 1 aliphatic heterocycles. The van der Waals surface area contributed by atoms with Gasteiger partial charge in [0.05, 0.1) is 6.61 Å². The van der Waals surface area contributed by atoms with E-state index < -0.39 is 41.9 Å². The zero-order chi connectivity index (χ0) is 14.4. The number of aromatic nitrogens is 2. The van der Waals surface area contributed by atoms with Gasteiger partial charge in [0.25, 0.3) is 5.56 Å². The van der Waals surface area contributed by atoms with E-state index in [1.165, 1.54) is 20.0 Å². The molecule has 0 aromatic carbocycles. The van der Waals surface area contributed by atoms with Crippen LogP contribution in [0.5, 0.6) is 0 Å². The highest BCUT2D eigenvalue weighted by atomic mass is 16.6. The first kappa shape index (κ1) is 13.9. The number of hydrogen-bond donors (Lipinski definition) is 4. The molecular formula is C11H16N2O6. The van der Waals surface area contributed by atoms with Crippen molar-refractivity contribution in [1.29, 1.82) is 0 Å². The van der Waals surface area contributed by atoms with Gasteiger partial charge in [0.15, 0.2) is 6.23 Å². The normalized spacial score (nSPS) is 34.7. The molecule has 2 rings (SSSR count). The van der Waals surface area contributed by atoms with Crippen molar-refractivity contribution >= 4 is 0 Å². The summed E-state index contributed by atoms with van der Waals surface area (Å²) in [5, 5.41) is 29.2. The molecule has 0 aliphatic carbocycles. The van der Waals surface area contributed by atoms with Crippen LogP contribution in [0.15, 0.2) is 15.8 Å². The van der Waals surface area contributed by atoms with E-state index in [9.17, 15) is 19.8 Å². The Morgan fingerprint density at radius 1 is 1.53 bits per heavy atom. The first-order valence-electron chi connectivity index (χ1n) is 5.78. The van der Waals surface area contributed by atoms with Crippen molar-refractivity contribution in [2.75, 3.05) is 6.61 Å². The Kier molecular flexibility index (Phi) is 3.35. The van der Waals surface area contributed by atoms with Crippen LogP contribution in [0.3, 0.4) is 0 Å². The van der Waals surface area contributed by atoms with Gasteiger partial charge >= 0.3 is 5.69 Å². The van der Waals surface area contributed by atoms with Crippen LogP contribution in [-0.2, 0) is 4.74 Å². The number of aryl methyl sites for hydroxylation is 1. The van der Waals surface area contributed by atoms with Gasteiger partial charge in [-0.2, -0.15) is 0 Å². The number of aromatic amines is 1. The second-order valence-electron chi connectivity index (χ2n) is 4.85. The van der Waals surface area contributed by atoms with Gasteiger partial charge in [-0.15, -0.1) is 0 Å². The Labute approximate surface area is 107 Å². The maximum absolute atomic E-state index is 11.7. The van der Waals surface area contributed by atoms with Gasteiger partial charge in [0.1, 0.15) is 17.8 Å². The summed E-state index contributed by atoms with van der Waals surface area (Å²) < 4.78 is 6.28. The fourth-order valence-electron chi connectivity index (χ4n) is 2.08. The predicted molar refractivity (Wildman–Crippen MR) is 63.7 cm³/mol. The molecule has 1 unspecified atom stereocenters. The Hall–Kier alpha value is -1.48. The summed E-state index contributed by atoms with van der Waals surface area (Å²) in [6.45, 7) is 2.30. The number of H-pyrrole nitrogens is 1. The van der Waals surface area contributed by atoms with Crippen molar-refractivity contribution in [3.8, 4) is 0 Å². The Bertz CT molecular complexity index is 590. The molecule has 0 spiro atoms. The Morgan fingerprint density at radius 3 is 2.68 bits per heavy atom. The van der Waals surface area contributed by atoms with Gasteiger partial charge in [-0.1, -0.05) is 0 Å². The van der Waals surface area contributed by atoms with Crippen LogP contribution in [0.2, 0.25) is 0 Å². The highest BCUT2D eigenvalue weighted by Gasteiger charge is 2.52. The van der Waals surface area contributed by atoms with Crippen molar-refractivity contribution in [3.63, 3.8) is 0 Å².